The SMILES string of the molecule is CC(=O)NCCCC1CNCCS1. The highest BCUT2D eigenvalue weighted by atomic mass is 32.2. The van der Waals surface area contributed by atoms with Crippen LogP contribution in [0, 0.1) is 0 Å². The Labute approximate surface area is 84.0 Å². The summed E-state index contributed by atoms with van der Waals surface area (Å²) < 4.78 is 0. The molecule has 0 saturated carbocycles. The molecule has 1 unspecified atom stereocenters. The van der Waals surface area contributed by atoms with Crippen LogP contribution in [-0.2, 0) is 4.79 Å². The largest absolute Gasteiger partial charge is 0.356 e. The van der Waals surface area contributed by atoms with Crippen molar-refractivity contribution in [3.8, 4) is 0 Å². The predicted octanol–water partition coefficient (Wildman–Crippen LogP) is 0.608. The number of hydrogen-bond donors (Lipinski definition) is 2. The molecule has 13 heavy (non-hydrogen) atoms. The number of thioether (sulfide) groups is 1. The van der Waals surface area contributed by atoms with E-state index in [2.05, 4.69) is 10.6 Å². The van der Waals surface area contributed by atoms with Crippen LogP contribution in [0.1, 0.15) is 19.8 Å². The third kappa shape index (κ3) is 5.16. The molecule has 1 rings (SSSR count). The van der Waals surface area contributed by atoms with E-state index in [1.54, 1.807) is 6.92 Å². The van der Waals surface area contributed by atoms with Crippen LogP contribution in [0.25, 0.3) is 0 Å². The summed E-state index contributed by atoms with van der Waals surface area (Å²) in [5.74, 6) is 1.31. The third-order valence-electron chi connectivity index (χ3n) is 2.08. The van der Waals surface area contributed by atoms with Crippen LogP contribution in [0.5, 0.6) is 0 Å². The maximum absolute atomic E-state index is 10.6. The average molecular weight is 202 g/mol. The summed E-state index contributed by atoms with van der Waals surface area (Å²) in [5.41, 5.74) is 0. The second-order valence-corrected chi connectivity index (χ2v) is 4.73. The Bertz CT molecular complexity index is 158. The Balaban J connectivity index is 1.95. The van der Waals surface area contributed by atoms with Crippen molar-refractivity contribution in [2.45, 2.75) is 25.0 Å². The van der Waals surface area contributed by atoms with Crippen LogP contribution in [0.3, 0.4) is 0 Å². The molecule has 1 aliphatic heterocycles. The van der Waals surface area contributed by atoms with E-state index in [0.29, 0.717) is 0 Å². The predicted molar refractivity (Wildman–Crippen MR) is 57.0 cm³/mol. The van der Waals surface area contributed by atoms with Crippen molar-refractivity contribution in [2.24, 2.45) is 0 Å². The van der Waals surface area contributed by atoms with Gasteiger partial charge in [0, 0.05) is 37.6 Å². The molecule has 0 radical (unpaired) electrons. The first kappa shape index (κ1) is 10.9. The number of carbonyl (C=O) groups is 1. The zero-order valence-corrected chi connectivity index (χ0v) is 8.95. The van der Waals surface area contributed by atoms with Gasteiger partial charge in [0.25, 0.3) is 0 Å². The molecule has 0 aromatic heterocycles. The molecule has 4 heteroatoms. The van der Waals surface area contributed by atoms with Gasteiger partial charge in [-0.2, -0.15) is 11.8 Å². The molecule has 1 heterocycles. The topological polar surface area (TPSA) is 41.1 Å². The summed E-state index contributed by atoms with van der Waals surface area (Å²) in [4.78, 5) is 10.6. The van der Waals surface area contributed by atoms with Crippen molar-refractivity contribution in [2.75, 3.05) is 25.4 Å². The van der Waals surface area contributed by atoms with E-state index < -0.39 is 0 Å². The summed E-state index contributed by atoms with van der Waals surface area (Å²) >= 11 is 2.05. The summed E-state index contributed by atoms with van der Waals surface area (Å²) in [6.45, 7) is 4.67. The number of carbonyl (C=O) groups excluding carboxylic acids is 1. The lowest BCUT2D eigenvalue weighted by Gasteiger charge is -2.22. The molecule has 0 aliphatic carbocycles. The third-order valence-corrected chi connectivity index (χ3v) is 3.39. The second kappa shape index (κ2) is 6.27. The normalized spacial score (nSPS) is 22.7. The minimum Gasteiger partial charge on any atom is -0.356 e. The monoisotopic (exact) mass is 202 g/mol. The number of amides is 1. The van der Waals surface area contributed by atoms with E-state index in [0.717, 1.165) is 31.3 Å². The van der Waals surface area contributed by atoms with Gasteiger partial charge in [-0.15, -0.1) is 0 Å². The van der Waals surface area contributed by atoms with Gasteiger partial charge in [-0.25, -0.2) is 0 Å². The number of nitrogens with one attached hydrogen (secondary N) is 2. The van der Waals surface area contributed by atoms with Crippen molar-refractivity contribution < 1.29 is 4.79 Å². The highest BCUT2D eigenvalue weighted by Gasteiger charge is 2.12. The zero-order valence-electron chi connectivity index (χ0n) is 8.14. The molecule has 0 spiro atoms. The Morgan fingerprint density at radius 3 is 3.15 bits per heavy atom. The van der Waals surface area contributed by atoms with Crippen molar-refractivity contribution in [1.82, 2.24) is 10.6 Å². The van der Waals surface area contributed by atoms with Crippen LogP contribution in [0.15, 0.2) is 0 Å². The molecular weight excluding hydrogens is 184 g/mol. The number of rotatable bonds is 4. The molecule has 1 atom stereocenters. The second-order valence-electron chi connectivity index (χ2n) is 3.32. The van der Waals surface area contributed by atoms with Gasteiger partial charge >= 0.3 is 0 Å². The summed E-state index contributed by atoms with van der Waals surface area (Å²) in [6, 6.07) is 0. The van der Waals surface area contributed by atoms with Gasteiger partial charge in [0.2, 0.25) is 5.91 Å². The average Bonchev–Trinajstić information content (AvgIpc) is 2.14. The summed E-state index contributed by atoms with van der Waals surface area (Å²) in [6.07, 6.45) is 2.30. The minimum atomic E-state index is 0.0782. The van der Waals surface area contributed by atoms with E-state index in [1.807, 2.05) is 11.8 Å². The van der Waals surface area contributed by atoms with Crippen molar-refractivity contribution in [3.63, 3.8) is 0 Å². The molecule has 0 bridgehead atoms. The van der Waals surface area contributed by atoms with E-state index >= 15 is 0 Å². The zero-order chi connectivity index (χ0) is 9.52. The molecule has 3 nitrogen and oxygen atoms in total. The van der Waals surface area contributed by atoms with Gasteiger partial charge in [-0.05, 0) is 12.8 Å². The Morgan fingerprint density at radius 2 is 2.54 bits per heavy atom. The first-order valence-corrected chi connectivity index (χ1v) is 5.90. The van der Waals surface area contributed by atoms with Crippen molar-refractivity contribution in [1.29, 1.82) is 0 Å². The van der Waals surface area contributed by atoms with Gasteiger partial charge in [0.1, 0.15) is 0 Å². The molecule has 1 amide bonds. The molecular formula is C9H18N2OS. The minimum absolute atomic E-state index is 0.0782. The fraction of sp³-hybridized carbons (Fsp3) is 0.889. The summed E-state index contributed by atoms with van der Waals surface area (Å²) in [7, 11) is 0. The summed E-state index contributed by atoms with van der Waals surface area (Å²) in [5, 5.41) is 6.95. The Hall–Kier alpha value is -0.220. The van der Waals surface area contributed by atoms with Crippen LogP contribution in [0.4, 0.5) is 0 Å². The lowest BCUT2D eigenvalue weighted by molar-refractivity contribution is -0.118. The Morgan fingerprint density at radius 1 is 1.69 bits per heavy atom. The van der Waals surface area contributed by atoms with E-state index in [1.165, 1.54) is 12.2 Å². The van der Waals surface area contributed by atoms with E-state index in [-0.39, 0.29) is 5.91 Å². The standard InChI is InChI=1S/C9H18N2OS/c1-8(12)11-4-2-3-9-7-10-5-6-13-9/h9-10H,2-7H2,1H3,(H,11,12). The quantitative estimate of drug-likeness (QED) is 0.656. The lowest BCUT2D eigenvalue weighted by Crippen LogP contribution is -2.33. The van der Waals surface area contributed by atoms with E-state index in [4.69, 9.17) is 0 Å². The van der Waals surface area contributed by atoms with E-state index in [9.17, 15) is 4.79 Å². The number of hydrogen-bond acceptors (Lipinski definition) is 3. The lowest BCUT2D eigenvalue weighted by atomic mass is 10.2. The first-order valence-electron chi connectivity index (χ1n) is 4.86. The highest BCUT2D eigenvalue weighted by Crippen LogP contribution is 2.17. The highest BCUT2D eigenvalue weighted by molar-refractivity contribution is 8.00. The first-order chi connectivity index (χ1) is 6.29. The van der Waals surface area contributed by atoms with Gasteiger partial charge in [0.15, 0.2) is 0 Å². The fourth-order valence-electron chi connectivity index (χ4n) is 1.40. The van der Waals surface area contributed by atoms with Crippen LogP contribution >= 0.6 is 11.8 Å². The maximum Gasteiger partial charge on any atom is 0.216 e. The molecule has 1 aliphatic rings. The van der Waals surface area contributed by atoms with Gasteiger partial charge in [-0.1, -0.05) is 0 Å². The van der Waals surface area contributed by atoms with Crippen molar-refractivity contribution >= 4 is 17.7 Å². The van der Waals surface area contributed by atoms with Crippen LogP contribution in [-0.4, -0.2) is 36.5 Å². The molecule has 0 aromatic carbocycles. The van der Waals surface area contributed by atoms with Gasteiger partial charge in [0.05, 0.1) is 0 Å². The fourth-order valence-corrected chi connectivity index (χ4v) is 2.56. The molecule has 76 valence electrons. The molecule has 1 saturated heterocycles. The molecule has 2 N–H and O–H groups in total. The maximum atomic E-state index is 10.6. The Kier molecular flexibility index (Phi) is 5.23. The molecule has 1 fully saturated rings. The van der Waals surface area contributed by atoms with Crippen LogP contribution < -0.4 is 10.6 Å². The molecule has 0 aromatic rings. The van der Waals surface area contributed by atoms with Crippen molar-refractivity contribution in [3.05, 3.63) is 0 Å². The van der Waals surface area contributed by atoms with Gasteiger partial charge < -0.3 is 10.6 Å². The van der Waals surface area contributed by atoms with Crippen LogP contribution in [0.2, 0.25) is 0 Å². The smallest absolute Gasteiger partial charge is 0.216 e. The van der Waals surface area contributed by atoms with Gasteiger partial charge in [-0.3, -0.25) is 4.79 Å².